The van der Waals surface area contributed by atoms with Crippen LogP contribution in [0.4, 0.5) is 21.0 Å². The van der Waals surface area contributed by atoms with Gasteiger partial charge < -0.3 is 20.7 Å². The molecule has 0 radical (unpaired) electrons. The van der Waals surface area contributed by atoms with E-state index in [9.17, 15) is 9.59 Å². The average molecular weight is 399 g/mol. The van der Waals surface area contributed by atoms with Gasteiger partial charge in [-0.25, -0.2) is 9.59 Å². The zero-order valence-electron chi connectivity index (χ0n) is 17.5. The van der Waals surface area contributed by atoms with E-state index < -0.39 is 0 Å². The van der Waals surface area contributed by atoms with E-state index in [1.807, 2.05) is 63.2 Å². The first-order valence-corrected chi connectivity index (χ1v) is 9.63. The lowest BCUT2D eigenvalue weighted by Gasteiger charge is -2.24. The number of rotatable bonds is 7. The minimum atomic E-state index is -0.297. The summed E-state index contributed by atoms with van der Waals surface area (Å²) >= 11 is 0. The SMILES string of the molecule is COc1ccccc1NC(=O)N(CCCNC(=O)NC(C)(C)C)c1ccccc1. The van der Waals surface area contributed by atoms with Crippen LogP contribution in [0.5, 0.6) is 5.75 Å². The fraction of sp³-hybridized carbons (Fsp3) is 0.364. The molecular formula is C22H30N4O3. The smallest absolute Gasteiger partial charge is 0.326 e. The van der Waals surface area contributed by atoms with Gasteiger partial charge in [0.1, 0.15) is 5.75 Å². The lowest BCUT2D eigenvalue weighted by atomic mass is 10.1. The predicted molar refractivity (Wildman–Crippen MR) is 117 cm³/mol. The molecule has 7 heteroatoms. The van der Waals surface area contributed by atoms with Crippen molar-refractivity contribution in [2.45, 2.75) is 32.7 Å². The van der Waals surface area contributed by atoms with Crippen LogP contribution in [0.3, 0.4) is 0 Å². The molecule has 4 amide bonds. The zero-order chi connectivity index (χ0) is 21.3. The zero-order valence-corrected chi connectivity index (χ0v) is 17.5. The number of nitrogens with zero attached hydrogens (tertiary/aromatic N) is 1. The summed E-state index contributed by atoms with van der Waals surface area (Å²) in [4.78, 5) is 26.5. The van der Waals surface area contributed by atoms with Gasteiger partial charge in [-0.05, 0) is 51.5 Å². The van der Waals surface area contributed by atoms with Crippen LogP contribution in [0.15, 0.2) is 54.6 Å². The Balaban J connectivity index is 2.00. The molecule has 0 aromatic heterocycles. The highest BCUT2D eigenvalue weighted by Gasteiger charge is 2.17. The molecule has 0 aliphatic rings. The third kappa shape index (κ3) is 7.37. The molecule has 7 nitrogen and oxygen atoms in total. The molecule has 0 bridgehead atoms. The van der Waals surface area contributed by atoms with Crippen molar-refractivity contribution in [3.63, 3.8) is 0 Å². The summed E-state index contributed by atoms with van der Waals surface area (Å²) in [7, 11) is 1.56. The van der Waals surface area contributed by atoms with E-state index in [2.05, 4.69) is 16.0 Å². The minimum Gasteiger partial charge on any atom is -0.495 e. The van der Waals surface area contributed by atoms with Crippen LogP contribution in [-0.2, 0) is 0 Å². The Morgan fingerprint density at radius 3 is 2.31 bits per heavy atom. The van der Waals surface area contributed by atoms with Crippen molar-refractivity contribution in [1.82, 2.24) is 10.6 Å². The van der Waals surface area contributed by atoms with Crippen molar-refractivity contribution in [3.8, 4) is 5.75 Å². The number of methoxy groups -OCH3 is 1. The monoisotopic (exact) mass is 398 g/mol. The highest BCUT2D eigenvalue weighted by Crippen LogP contribution is 2.24. The number of urea groups is 2. The summed E-state index contributed by atoms with van der Waals surface area (Å²) in [6.07, 6.45) is 0.603. The Hall–Kier alpha value is -3.22. The number of hydrogen-bond acceptors (Lipinski definition) is 3. The van der Waals surface area contributed by atoms with Gasteiger partial charge in [0.05, 0.1) is 12.8 Å². The van der Waals surface area contributed by atoms with Crippen LogP contribution in [0.1, 0.15) is 27.2 Å². The molecule has 0 aliphatic heterocycles. The van der Waals surface area contributed by atoms with E-state index >= 15 is 0 Å². The summed E-state index contributed by atoms with van der Waals surface area (Å²) in [5.41, 5.74) is 1.08. The first-order chi connectivity index (χ1) is 13.8. The molecule has 156 valence electrons. The number of hydrogen-bond donors (Lipinski definition) is 3. The number of para-hydroxylation sites is 3. The molecule has 0 fully saturated rings. The largest absolute Gasteiger partial charge is 0.495 e. The summed E-state index contributed by atoms with van der Waals surface area (Å²) < 4.78 is 5.31. The number of ether oxygens (including phenoxy) is 1. The molecule has 29 heavy (non-hydrogen) atoms. The molecule has 2 rings (SSSR count). The van der Waals surface area contributed by atoms with Crippen molar-refractivity contribution in [2.75, 3.05) is 30.4 Å². The van der Waals surface area contributed by atoms with Gasteiger partial charge in [-0.2, -0.15) is 0 Å². The number of nitrogens with one attached hydrogen (secondary N) is 3. The van der Waals surface area contributed by atoms with E-state index in [1.165, 1.54) is 0 Å². The summed E-state index contributed by atoms with van der Waals surface area (Å²) in [5, 5.41) is 8.58. The van der Waals surface area contributed by atoms with Crippen molar-refractivity contribution in [1.29, 1.82) is 0 Å². The maximum absolute atomic E-state index is 13.0. The average Bonchev–Trinajstić information content (AvgIpc) is 2.67. The fourth-order valence-electron chi connectivity index (χ4n) is 2.71. The predicted octanol–water partition coefficient (Wildman–Crippen LogP) is 4.22. The summed E-state index contributed by atoms with van der Waals surface area (Å²) in [5.74, 6) is 0.592. The quantitative estimate of drug-likeness (QED) is 0.611. The lowest BCUT2D eigenvalue weighted by molar-refractivity contribution is 0.232. The Morgan fingerprint density at radius 2 is 1.66 bits per heavy atom. The standard InChI is InChI=1S/C22H30N4O3/c1-22(2,3)25-20(27)23-15-10-16-26(17-11-6-5-7-12-17)21(28)24-18-13-8-9-14-19(18)29-4/h5-9,11-14H,10,15-16H2,1-4H3,(H,24,28)(H2,23,25,27). The van der Waals surface area contributed by atoms with Gasteiger partial charge in [-0.3, -0.25) is 4.90 Å². The number of carbonyl (C=O) groups is 2. The molecule has 0 atom stereocenters. The second-order valence-electron chi connectivity index (χ2n) is 7.60. The first-order valence-electron chi connectivity index (χ1n) is 9.63. The van der Waals surface area contributed by atoms with Gasteiger partial charge in [-0.1, -0.05) is 30.3 Å². The lowest BCUT2D eigenvalue weighted by Crippen LogP contribution is -2.47. The molecule has 0 saturated heterocycles. The maximum Gasteiger partial charge on any atom is 0.326 e. The molecule has 2 aromatic rings. The third-order valence-corrected chi connectivity index (χ3v) is 3.99. The number of anilines is 2. The molecular weight excluding hydrogens is 368 g/mol. The second-order valence-corrected chi connectivity index (χ2v) is 7.60. The van der Waals surface area contributed by atoms with Gasteiger partial charge in [0.15, 0.2) is 0 Å². The van der Waals surface area contributed by atoms with Crippen LogP contribution >= 0.6 is 0 Å². The van der Waals surface area contributed by atoms with Crippen LogP contribution < -0.4 is 25.6 Å². The molecule has 0 unspecified atom stereocenters. The molecule has 0 aliphatic carbocycles. The van der Waals surface area contributed by atoms with E-state index in [-0.39, 0.29) is 17.6 Å². The molecule has 0 heterocycles. The van der Waals surface area contributed by atoms with E-state index in [0.717, 1.165) is 5.69 Å². The van der Waals surface area contributed by atoms with E-state index in [4.69, 9.17) is 4.74 Å². The topological polar surface area (TPSA) is 82.7 Å². The minimum absolute atomic E-state index is 0.220. The Labute approximate surface area is 172 Å². The van der Waals surface area contributed by atoms with Crippen molar-refractivity contribution in [3.05, 3.63) is 54.6 Å². The molecule has 2 aromatic carbocycles. The Bertz CT molecular complexity index is 803. The number of carbonyl (C=O) groups excluding carboxylic acids is 2. The third-order valence-electron chi connectivity index (χ3n) is 3.99. The Kier molecular flexibility index (Phi) is 7.88. The van der Waals surface area contributed by atoms with E-state index in [1.54, 1.807) is 24.1 Å². The van der Waals surface area contributed by atoms with Crippen LogP contribution in [0.2, 0.25) is 0 Å². The second kappa shape index (κ2) is 10.4. The van der Waals surface area contributed by atoms with Gasteiger partial charge in [0, 0.05) is 24.3 Å². The van der Waals surface area contributed by atoms with Gasteiger partial charge in [0.25, 0.3) is 0 Å². The van der Waals surface area contributed by atoms with Crippen LogP contribution in [0.25, 0.3) is 0 Å². The molecule has 0 saturated carbocycles. The van der Waals surface area contributed by atoms with Crippen LogP contribution in [0, 0.1) is 0 Å². The van der Waals surface area contributed by atoms with Gasteiger partial charge >= 0.3 is 12.1 Å². The highest BCUT2D eigenvalue weighted by molar-refractivity contribution is 6.02. The number of amides is 4. The van der Waals surface area contributed by atoms with Gasteiger partial charge in [-0.15, -0.1) is 0 Å². The van der Waals surface area contributed by atoms with Crippen molar-refractivity contribution >= 4 is 23.4 Å². The normalized spacial score (nSPS) is 10.8. The Morgan fingerprint density at radius 1 is 1.00 bits per heavy atom. The summed E-state index contributed by atoms with van der Waals surface area (Å²) in [6, 6.07) is 16.2. The van der Waals surface area contributed by atoms with Crippen molar-refractivity contribution < 1.29 is 14.3 Å². The highest BCUT2D eigenvalue weighted by atomic mass is 16.5. The maximum atomic E-state index is 13.0. The fourth-order valence-corrected chi connectivity index (χ4v) is 2.71. The molecule has 3 N–H and O–H groups in total. The van der Waals surface area contributed by atoms with E-state index in [0.29, 0.717) is 30.9 Å². The van der Waals surface area contributed by atoms with Gasteiger partial charge in [0.2, 0.25) is 0 Å². The molecule has 0 spiro atoms. The number of benzene rings is 2. The van der Waals surface area contributed by atoms with Crippen molar-refractivity contribution in [2.24, 2.45) is 0 Å². The summed E-state index contributed by atoms with van der Waals surface area (Å²) in [6.45, 7) is 6.66. The first kappa shape index (κ1) is 22.1. The van der Waals surface area contributed by atoms with Crippen LogP contribution in [-0.4, -0.2) is 37.8 Å².